The van der Waals surface area contributed by atoms with Gasteiger partial charge in [0, 0.05) is 19.4 Å². The number of carbonyl (C=O) groups excluding carboxylic acids is 2. The maximum absolute atomic E-state index is 11.4. The number of carbonyl (C=O) groups is 2. The van der Waals surface area contributed by atoms with Crippen molar-refractivity contribution in [3.05, 3.63) is 0 Å². The summed E-state index contributed by atoms with van der Waals surface area (Å²) in [6.07, 6.45) is 2.81. The third kappa shape index (κ3) is 3.46. The van der Waals surface area contributed by atoms with E-state index in [2.05, 4.69) is 10.6 Å². The zero-order valence-electron chi connectivity index (χ0n) is 8.64. The lowest BCUT2D eigenvalue weighted by Gasteiger charge is -2.25. The maximum atomic E-state index is 11.4. The molecule has 0 spiro atoms. The summed E-state index contributed by atoms with van der Waals surface area (Å²) in [5, 5.41) is 5.82. The van der Waals surface area contributed by atoms with Crippen molar-refractivity contribution in [2.45, 2.75) is 38.6 Å². The van der Waals surface area contributed by atoms with Crippen LogP contribution < -0.4 is 10.6 Å². The Kier molecular flexibility index (Phi) is 4.59. The van der Waals surface area contributed by atoms with Gasteiger partial charge in [-0.1, -0.05) is 6.92 Å². The van der Waals surface area contributed by atoms with Crippen LogP contribution in [0.15, 0.2) is 0 Å². The number of hydrogen-bond acceptors (Lipinski definition) is 3. The molecule has 1 amide bonds. The fraction of sp³-hybridized carbons (Fsp3) is 0.800. The number of Topliss-reactive ketones (excluding diaryl/α,β-unsaturated/α-hetero) is 1. The second-order valence-corrected chi connectivity index (χ2v) is 3.57. The smallest absolute Gasteiger partial charge is 0.219 e. The summed E-state index contributed by atoms with van der Waals surface area (Å²) < 4.78 is 0. The van der Waals surface area contributed by atoms with E-state index in [9.17, 15) is 9.59 Å². The third-order valence-corrected chi connectivity index (χ3v) is 2.46. The van der Waals surface area contributed by atoms with Crippen molar-refractivity contribution >= 4 is 11.7 Å². The van der Waals surface area contributed by atoms with Gasteiger partial charge in [0.25, 0.3) is 0 Å². The van der Waals surface area contributed by atoms with Crippen LogP contribution in [0.2, 0.25) is 0 Å². The number of rotatable bonds is 6. The minimum atomic E-state index is 0.0548. The summed E-state index contributed by atoms with van der Waals surface area (Å²) >= 11 is 0. The molecule has 1 rings (SSSR count). The zero-order valence-corrected chi connectivity index (χ0v) is 8.64. The Balaban J connectivity index is 1.97. The summed E-state index contributed by atoms with van der Waals surface area (Å²) in [4.78, 5) is 22.2. The standard InChI is InChI=1S/C10H18N2O2/c1-2-10(14)12-6-3-4-9(13)8-5-7-11-8/h8,11H,2-7H2,1H3,(H,12,14). The highest BCUT2D eigenvalue weighted by Gasteiger charge is 2.23. The van der Waals surface area contributed by atoms with Crippen LogP contribution >= 0.6 is 0 Å². The topological polar surface area (TPSA) is 58.2 Å². The lowest BCUT2D eigenvalue weighted by atomic mass is 9.99. The Labute approximate surface area is 84.4 Å². The van der Waals surface area contributed by atoms with E-state index in [-0.39, 0.29) is 17.7 Å². The van der Waals surface area contributed by atoms with Crippen LogP contribution in [-0.4, -0.2) is 30.8 Å². The maximum Gasteiger partial charge on any atom is 0.219 e. The van der Waals surface area contributed by atoms with E-state index in [1.54, 1.807) is 0 Å². The summed E-state index contributed by atoms with van der Waals surface area (Å²) in [5.74, 6) is 0.334. The van der Waals surface area contributed by atoms with Gasteiger partial charge in [0.15, 0.2) is 0 Å². The van der Waals surface area contributed by atoms with Crippen LogP contribution in [0.4, 0.5) is 0 Å². The van der Waals surface area contributed by atoms with Crippen molar-refractivity contribution in [1.82, 2.24) is 10.6 Å². The molecule has 0 aromatic rings. The second-order valence-electron chi connectivity index (χ2n) is 3.57. The number of amides is 1. The predicted octanol–water partition coefficient (Wildman–Crippen LogP) is 0.224. The van der Waals surface area contributed by atoms with Crippen molar-refractivity contribution in [3.8, 4) is 0 Å². The van der Waals surface area contributed by atoms with Gasteiger partial charge in [-0.3, -0.25) is 9.59 Å². The van der Waals surface area contributed by atoms with Crippen LogP contribution in [0.25, 0.3) is 0 Å². The van der Waals surface area contributed by atoms with Gasteiger partial charge in [0.05, 0.1) is 6.04 Å². The third-order valence-electron chi connectivity index (χ3n) is 2.46. The van der Waals surface area contributed by atoms with E-state index in [1.165, 1.54) is 0 Å². The van der Waals surface area contributed by atoms with E-state index in [4.69, 9.17) is 0 Å². The molecule has 80 valence electrons. The molecule has 0 aromatic carbocycles. The quantitative estimate of drug-likeness (QED) is 0.600. The van der Waals surface area contributed by atoms with Gasteiger partial charge in [0.1, 0.15) is 5.78 Å². The largest absolute Gasteiger partial charge is 0.356 e. The molecule has 1 fully saturated rings. The highest BCUT2D eigenvalue weighted by molar-refractivity contribution is 5.84. The SMILES string of the molecule is CCC(=O)NCCCC(=O)C1CCN1. The minimum absolute atomic E-state index is 0.0548. The normalized spacial score (nSPS) is 19.9. The Morgan fingerprint density at radius 3 is 2.71 bits per heavy atom. The fourth-order valence-corrected chi connectivity index (χ4v) is 1.35. The summed E-state index contributed by atoms with van der Waals surface area (Å²) in [6, 6.07) is 0.0943. The first-order chi connectivity index (χ1) is 6.74. The van der Waals surface area contributed by atoms with E-state index in [1.807, 2.05) is 6.92 Å². The number of hydrogen-bond donors (Lipinski definition) is 2. The average Bonchev–Trinajstić information content (AvgIpc) is 2.09. The molecule has 4 nitrogen and oxygen atoms in total. The van der Waals surface area contributed by atoms with Crippen LogP contribution in [0.1, 0.15) is 32.6 Å². The van der Waals surface area contributed by atoms with Gasteiger partial charge in [0.2, 0.25) is 5.91 Å². The zero-order chi connectivity index (χ0) is 10.4. The molecule has 4 heteroatoms. The molecule has 1 atom stereocenters. The first-order valence-electron chi connectivity index (χ1n) is 5.27. The molecule has 0 aliphatic carbocycles. The van der Waals surface area contributed by atoms with Crippen LogP contribution in [-0.2, 0) is 9.59 Å². The summed E-state index contributed by atoms with van der Waals surface area (Å²) in [6.45, 7) is 3.40. The van der Waals surface area contributed by atoms with Gasteiger partial charge in [-0.15, -0.1) is 0 Å². The molecule has 1 aliphatic rings. The van der Waals surface area contributed by atoms with Gasteiger partial charge in [-0.05, 0) is 19.4 Å². The molecule has 0 saturated carbocycles. The molecule has 2 N–H and O–H groups in total. The molecular formula is C10H18N2O2. The van der Waals surface area contributed by atoms with Crippen molar-refractivity contribution in [3.63, 3.8) is 0 Å². The van der Waals surface area contributed by atoms with Crippen molar-refractivity contribution < 1.29 is 9.59 Å². The Morgan fingerprint density at radius 2 is 2.21 bits per heavy atom. The van der Waals surface area contributed by atoms with Crippen molar-refractivity contribution in [2.75, 3.05) is 13.1 Å². The summed E-state index contributed by atoms with van der Waals surface area (Å²) in [7, 11) is 0. The average molecular weight is 198 g/mol. The monoisotopic (exact) mass is 198 g/mol. The minimum Gasteiger partial charge on any atom is -0.356 e. The van der Waals surface area contributed by atoms with Gasteiger partial charge in [-0.25, -0.2) is 0 Å². The molecule has 1 unspecified atom stereocenters. The van der Waals surface area contributed by atoms with E-state index in [0.717, 1.165) is 19.4 Å². The van der Waals surface area contributed by atoms with Crippen molar-refractivity contribution in [2.24, 2.45) is 0 Å². The summed E-state index contributed by atoms with van der Waals surface area (Å²) in [5.41, 5.74) is 0. The Hall–Kier alpha value is -0.900. The number of ketones is 1. The van der Waals surface area contributed by atoms with E-state index < -0.39 is 0 Å². The highest BCUT2D eigenvalue weighted by Crippen LogP contribution is 2.06. The molecule has 1 aliphatic heterocycles. The van der Waals surface area contributed by atoms with Crippen LogP contribution in [0, 0.1) is 0 Å². The van der Waals surface area contributed by atoms with E-state index >= 15 is 0 Å². The van der Waals surface area contributed by atoms with E-state index in [0.29, 0.717) is 19.4 Å². The van der Waals surface area contributed by atoms with Crippen LogP contribution in [0.5, 0.6) is 0 Å². The molecule has 0 radical (unpaired) electrons. The molecular weight excluding hydrogens is 180 g/mol. The lowest BCUT2D eigenvalue weighted by molar-refractivity contribution is -0.123. The van der Waals surface area contributed by atoms with Gasteiger partial charge < -0.3 is 10.6 Å². The Bertz CT molecular complexity index is 212. The first-order valence-corrected chi connectivity index (χ1v) is 5.27. The van der Waals surface area contributed by atoms with Gasteiger partial charge in [-0.2, -0.15) is 0 Å². The fourth-order valence-electron chi connectivity index (χ4n) is 1.35. The second kappa shape index (κ2) is 5.75. The molecule has 0 aromatic heterocycles. The molecule has 1 heterocycles. The van der Waals surface area contributed by atoms with Crippen LogP contribution in [0.3, 0.4) is 0 Å². The number of nitrogens with one attached hydrogen (secondary N) is 2. The predicted molar refractivity (Wildman–Crippen MR) is 53.9 cm³/mol. The molecule has 1 saturated heterocycles. The first kappa shape index (κ1) is 11.2. The lowest BCUT2D eigenvalue weighted by Crippen LogP contribution is -2.48. The Morgan fingerprint density at radius 1 is 1.50 bits per heavy atom. The molecule has 14 heavy (non-hydrogen) atoms. The molecule has 0 bridgehead atoms. The van der Waals surface area contributed by atoms with Crippen molar-refractivity contribution in [1.29, 1.82) is 0 Å². The highest BCUT2D eigenvalue weighted by atomic mass is 16.1. The van der Waals surface area contributed by atoms with Gasteiger partial charge >= 0.3 is 0 Å².